The van der Waals surface area contributed by atoms with E-state index in [1.165, 1.54) is 29.9 Å². The quantitative estimate of drug-likeness (QED) is 0.860. The van der Waals surface area contributed by atoms with Crippen molar-refractivity contribution < 1.29 is 19.4 Å². The Morgan fingerprint density at radius 1 is 1.50 bits per heavy atom. The van der Waals surface area contributed by atoms with Crippen LogP contribution in [-0.2, 0) is 5.60 Å². The summed E-state index contributed by atoms with van der Waals surface area (Å²) in [6, 6.07) is 3.10. The maximum absolute atomic E-state index is 11.0. The summed E-state index contributed by atoms with van der Waals surface area (Å²) in [6.07, 6.45) is 2.85. The molecule has 0 radical (unpaired) electrons. The van der Waals surface area contributed by atoms with Gasteiger partial charge in [-0.1, -0.05) is 0 Å². The molecule has 1 unspecified atom stereocenters. The van der Waals surface area contributed by atoms with Crippen LogP contribution in [0.25, 0.3) is 0 Å². The van der Waals surface area contributed by atoms with Crippen LogP contribution in [0, 0.1) is 0 Å². The molecular weight excluding hydrogens is 228 g/mol. The molecule has 2 N–H and O–H groups in total. The molecule has 0 fully saturated rings. The summed E-state index contributed by atoms with van der Waals surface area (Å²) in [5.74, 6) is -1.04. The molecule has 0 saturated heterocycles. The molecule has 0 spiro atoms. The molecule has 4 nitrogen and oxygen atoms in total. The maximum atomic E-state index is 11.0. The lowest BCUT2D eigenvalue weighted by Crippen LogP contribution is -2.23. The van der Waals surface area contributed by atoms with Crippen molar-refractivity contribution >= 4 is 17.3 Å². The Balaban J connectivity index is 2.51. The first-order valence-corrected chi connectivity index (χ1v) is 5.47. The van der Waals surface area contributed by atoms with E-state index in [9.17, 15) is 9.90 Å². The number of thiophene rings is 1. The second-order valence-corrected chi connectivity index (χ2v) is 4.47. The van der Waals surface area contributed by atoms with Crippen molar-refractivity contribution in [1.82, 2.24) is 0 Å². The van der Waals surface area contributed by atoms with Crippen molar-refractivity contribution in [3.63, 3.8) is 0 Å². The number of carboxylic acids is 1. The minimum absolute atomic E-state index is 0.121. The summed E-state index contributed by atoms with van der Waals surface area (Å²) in [6.45, 7) is 1.55. The first kappa shape index (κ1) is 10.9. The fourth-order valence-corrected chi connectivity index (χ4v) is 2.50. The highest BCUT2D eigenvalue weighted by atomic mass is 32.1. The number of aromatic carboxylic acids is 1. The standard InChI is InChI=1S/C11H10O4S/c1-11(14,7-2-4-15-6-7)9-8(10(12)13)3-5-16-9/h2-6,14H,1H3,(H,12,13). The minimum atomic E-state index is -1.34. The Morgan fingerprint density at radius 2 is 2.25 bits per heavy atom. The van der Waals surface area contributed by atoms with Gasteiger partial charge < -0.3 is 14.6 Å². The van der Waals surface area contributed by atoms with E-state index in [1.54, 1.807) is 18.4 Å². The van der Waals surface area contributed by atoms with E-state index in [2.05, 4.69) is 0 Å². The normalized spacial score (nSPS) is 14.6. The van der Waals surface area contributed by atoms with E-state index in [0.29, 0.717) is 10.4 Å². The first-order valence-electron chi connectivity index (χ1n) is 4.60. The Kier molecular flexibility index (Phi) is 2.57. The van der Waals surface area contributed by atoms with Crippen molar-refractivity contribution in [3.8, 4) is 0 Å². The van der Waals surface area contributed by atoms with Crippen molar-refractivity contribution in [3.05, 3.63) is 46.0 Å². The molecule has 0 aliphatic heterocycles. The number of hydrogen-bond donors (Lipinski definition) is 2. The lowest BCUT2D eigenvalue weighted by molar-refractivity contribution is 0.0673. The van der Waals surface area contributed by atoms with Gasteiger partial charge in [0.2, 0.25) is 0 Å². The molecule has 1 atom stereocenters. The molecule has 2 aromatic heterocycles. The van der Waals surface area contributed by atoms with Gasteiger partial charge in [0.05, 0.1) is 23.0 Å². The van der Waals surface area contributed by atoms with E-state index < -0.39 is 11.6 Å². The van der Waals surface area contributed by atoms with Crippen molar-refractivity contribution in [2.75, 3.05) is 0 Å². The lowest BCUT2D eigenvalue weighted by atomic mass is 9.94. The molecule has 2 rings (SSSR count). The maximum Gasteiger partial charge on any atom is 0.336 e. The Hall–Kier alpha value is -1.59. The molecule has 0 amide bonds. The number of rotatable bonds is 3. The van der Waals surface area contributed by atoms with Crippen molar-refractivity contribution in [2.24, 2.45) is 0 Å². The Morgan fingerprint density at radius 3 is 2.81 bits per heavy atom. The van der Waals surface area contributed by atoms with Gasteiger partial charge >= 0.3 is 5.97 Å². The van der Waals surface area contributed by atoms with Gasteiger partial charge in [-0.2, -0.15) is 0 Å². The zero-order valence-corrected chi connectivity index (χ0v) is 9.32. The van der Waals surface area contributed by atoms with E-state index in [0.717, 1.165) is 0 Å². The van der Waals surface area contributed by atoms with Crippen LogP contribution >= 0.6 is 11.3 Å². The molecular formula is C11H10O4S. The van der Waals surface area contributed by atoms with Gasteiger partial charge in [0, 0.05) is 5.56 Å². The molecule has 0 bridgehead atoms. The topological polar surface area (TPSA) is 70.7 Å². The molecule has 0 aliphatic rings. The monoisotopic (exact) mass is 238 g/mol. The van der Waals surface area contributed by atoms with E-state index >= 15 is 0 Å². The van der Waals surface area contributed by atoms with Crippen LogP contribution in [0.1, 0.15) is 27.7 Å². The van der Waals surface area contributed by atoms with E-state index in [-0.39, 0.29) is 5.56 Å². The van der Waals surface area contributed by atoms with Crippen LogP contribution in [0.4, 0.5) is 0 Å². The van der Waals surface area contributed by atoms with Crippen molar-refractivity contribution in [1.29, 1.82) is 0 Å². The summed E-state index contributed by atoms with van der Waals surface area (Å²) in [7, 11) is 0. The van der Waals surface area contributed by atoms with E-state index in [1.807, 2.05) is 0 Å². The second kappa shape index (κ2) is 3.77. The average Bonchev–Trinajstić information content (AvgIpc) is 2.89. The van der Waals surface area contributed by atoms with Gasteiger partial charge in [0.25, 0.3) is 0 Å². The summed E-state index contributed by atoms with van der Waals surface area (Å²) in [5.41, 5.74) is -0.678. The average molecular weight is 238 g/mol. The number of hydrogen-bond acceptors (Lipinski definition) is 4. The van der Waals surface area contributed by atoms with Crippen LogP contribution in [0.5, 0.6) is 0 Å². The molecule has 2 heterocycles. The third kappa shape index (κ3) is 1.64. The van der Waals surface area contributed by atoms with Gasteiger partial charge in [-0.05, 0) is 24.4 Å². The minimum Gasteiger partial charge on any atom is -0.478 e. The Labute approximate surface area is 95.8 Å². The number of aliphatic hydroxyl groups is 1. The smallest absolute Gasteiger partial charge is 0.336 e. The zero-order chi connectivity index (χ0) is 11.8. The summed E-state index contributed by atoms with van der Waals surface area (Å²) < 4.78 is 4.90. The SMILES string of the molecule is CC(O)(c1ccoc1)c1sccc1C(=O)O. The third-order valence-electron chi connectivity index (χ3n) is 2.42. The molecule has 5 heteroatoms. The van der Waals surface area contributed by atoms with Crippen LogP contribution < -0.4 is 0 Å². The predicted molar refractivity (Wildman–Crippen MR) is 58.7 cm³/mol. The predicted octanol–water partition coefficient (Wildman–Crippen LogP) is 2.30. The largest absolute Gasteiger partial charge is 0.478 e. The van der Waals surface area contributed by atoms with Gasteiger partial charge in [-0.3, -0.25) is 0 Å². The molecule has 0 saturated carbocycles. The summed E-state index contributed by atoms with van der Waals surface area (Å²) in [4.78, 5) is 11.4. The van der Waals surface area contributed by atoms with Gasteiger partial charge in [0.15, 0.2) is 0 Å². The van der Waals surface area contributed by atoms with Crippen LogP contribution in [0.15, 0.2) is 34.5 Å². The van der Waals surface area contributed by atoms with Gasteiger partial charge in [-0.15, -0.1) is 11.3 Å². The molecule has 84 valence electrons. The Bertz CT molecular complexity index is 496. The highest BCUT2D eigenvalue weighted by Crippen LogP contribution is 2.35. The second-order valence-electron chi connectivity index (χ2n) is 3.55. The highest BCUT2D eigenvalue weighted by Gasteiger charge is 2.32. The van der Waals surface area contributed by atoms with E-state index in [4.69, 9.17) is 9.52 Å². The van der Waals surface area contributed by atoms with Crippen molar-refractivity contribution in [2.45, 2.75) is 12.5 Å². The van der Waals surface area contributed by atoms with Crippen LogP contribution in [-0.4, -0.2) is 16.2 Å². The zero-order valence-electron chi connectivity index (χ0n) is 8.51. The lowest BCUT2D eigenvalue weighted by Gasteiger charge is -2.21. The fourth-order valence-electron chi connectivity index (χ4n) is 1.53. The molecule has 0 aliphatic carbocycles. The molecule has 0 aromatic carbocycles. The van der Waals surface area contributed by atoms with Crippen LogP contribution in [0.3, 0.4) is 0 Å². The molecule has 16 heavy (non-hydrogen) atoms. The summed E-state index contributed by atoms with van der Waals surface area (Å²) in [5, 5.41) is 21.0. The third-order valence-corrected chi connectivity index (χ3v) is 3.55. The van der Waals surface area contributed by atoms with Gasteiger partial charge in [-0.25, -0.2) is 4.79 Å². The molecule has 2 aromatic rings. The summed E-state index contributed by atoms with van der Waals surface area (Å²) >= 11 is 1.21. The fraction of sp³-hybridized carbons (Fsp3) is 0.182. The van der Waals surface area contributed by atoms with Crippen LogP contribution in [0.2, 0.25) is 0 Å². The number of carbonyl (C=O) groups is 1. The number of furan rings is 1. The highest BCUT2D eigenvalue weighted by molar-refractivity contribution is 7.10. The van der Waals surface area contributed by atoms with Gasteiger partial charge in [0.1, 0.15) is 5.60 Å². The first-order chi connectivity index (χ1) is 7.53. The number of carboxylic acid groups (broad SMARTS) is 1.